The predicted molar refractivity (Wildman–Crippen MR) is 75.7 cm³/mol. The highest BCUT2D eigenvalue weighted by atomic mass is 32.1. The number of hydrogen-bond acceptors (Lipinski definition) is 3. The van der Waals surface area contributed by atoms with Gasteiger partial charge < -0.3 is 10.5 Å². The molecule has 0 spiro atoms. The smallest absolute Gasteiger partial charge is 0.130 e. The van der Waals surface area contributed by atoms with Crippen LogP contribution in [0, 0.1) is 12.3 Å². The van der Waals surface area contributed by atoms with E-state index in [1.807, 2.05) is 31.2 Å². The molecule has 0 atom stereocenters. The molecule has 0 unspecified atom stereocenters. The van der Waals surface area contributed by atoms with Crippen molar-refractivity contribution in [2.45, 2.75) is 13.3 Å². The summed E-state index contributed by atoms with van der Waals surface area (Å²) >= 11 is 1.72. The molecular formula is C14H16N2OS. The average molecular weight is 260 g/mol. The van der Waals surface area contributed by atoms with Crippen LogP contribution in [0.2, 0.25) is 0 Å². The van der Waals surface area contributed by atoms with Crippen LogP contribution >= 0.6 is 11.3 Å². The van der Waals surface area contributed by atoms with Gasteiger partial charge in [-0.05, 0) is 36.1 Å². The van der Waals surface area contributed by atoms with E-state index >= 15 is 0 Å². The second-order valence-corrected chi connectivity index (χ2v) is 5.12. The fourth-order valence-corrected chi connectivity index (χ4v) is 2.38. The third kappa shape index (κ3) is 3.11. The molecule has 3 N–H and O–H groups in total. The molecule has 0 saturated heterocycles. The zero-order valence-corrected chi connectivity index (χ0v) is 11.1. The first-order chi connectivity index (χ1) is 8.66. The van der Waals surface area contributed by atoms with E-state index in [9.17, 15) is 0 Å². The third-order valence-electron chi connectivity index (χ3n) is 2.61. The molecule has 0 saturated carbocycles. The highest BCUT2D eigenvalue weighted by molar-refractivity contribution is 7.09. The van der Waals surface area contributed by atoms with Gasteiger partial charge in [-0.2, -0.15) is 0 Å². The highest BCUT2D eigenvalue weighted by Gasteiger charge is 2.07. The molecule has 0 amide bonds. The van der Waals surface area contributed by atoms with Crippen molar-refractivity contribution in [2.24, 2.45) is 5.73 Å². The quantitative estimate of drug-likeness (QED) is 0.641. The van der Waals surface area contributed by atoms with Gasteiger partial charge in [-0.3, -0.25) is 5.41 Å². The Morgan fingerprint density at radius 2 is 2.22 bits per heavy atom. The van der Waals surface area contributed by atoms with Gasteiger partial charge in [-0.15, -0.1) is 11.3 Å². The van der Waals surface area contributed by atoms with Crippen LogP contribution in [-0.4, -0.2) is 12.4 Å². The molecule has 2 rings (SSSR count). The van der Waals surface area contributed by atoms with Crippen LogP contribution < -0.4 is 10.5 Å². The molecule has 3 nitrogen and oxygen atoms in total. The van der Waals surface area contributed by atoms with Gasteiger partial charge in [-0.1, -0.05) is 12.1 Å². The second kappa shape index (κ2) is 5.69. The Morgan fingerprint density at radius 3 is 2.89 bits per heavy atom. The Balaban J connectivity index is 2.03. The van der Waals surface area contributed by atoms with E-state index in [1.54, 1.807) is 11.3 Å². The molecule has 0 bridgehead atoms. The number of aryl methyl sites for hydroxylation is 1. The van der Waals surface area contributed by atoms with Crippen LogP contribution in [-0.2, 0) is 6.42 Å². The Kier molecular flexibility index (Phi) is 3.99. The summed E-state index contributed by atoms with van der Waals surface area (Å²) < 4.78 is 5.74. The van der Waals surface area contributed by atoms with Crippen molar-refractivity contribution >= 4 is 17.2 Å². The van der Waals surface area contributed by atoms with Gasteiger partial charge in [0.2, 0.25) is 0 Å². The van der Waals surface area contributed by atoms with Crippen molar-refractivity contribution < 1.29 is 4.74 Å². The van der Waals surface area contributed by atoms with Crippen LogP contribution in [0.15, 0.2) is 35.7 Å². The summed E-state index contributed by atoms with van der Waals surface area (Å²) in [5, 5.41) is 9.58. The Morgan fingerprint density at radius 1 is 1.39 bits per heavy atom. The minimum atomic E-state index is 0.0427. The summed E-state index contributed by atoms with van der Waals surface area (Å²) in [7, 11) is 0. The van der Waals surface area contributed by atoms with E-state index in [2.05, 4.69) is 11.4 Å². The predicted octanol–water partition coefficient (Wildman–Crippen LogP) is 2.96. The van der Waals surface area contributed by atoms with Gasteiger partial charge in [0, 0.05) is 11.3 Å². The number of amidine groups is 1. The van der Waals surface area contributed by atoms with Crippen molar-refractivity contribution in [3.63, 3.8) is 0 Å². The maximum Gasteiger partial charge on any atom is 0.130 e. The van der Waals surface area contributed by atoms with Crippen LogP contribution in [0.25, 0.3) is 0 Å². The van der Waals surface area contributed by atoms with Gasteiger partial charge in [0.25, 0.3) is 0 Å². The summed E-state index contributed by atoms with van der Waals surface area (Å²) in [6, 6.07) is 9.82. The van der Waals surface area contributed by atoms with Gasteiger partial charge in [-0.25, -0.2) is 0 Å². The van der Waals surface area contributed by atoms with E-state index in [-0.39, 0.29) is 5.84 Å². The summed E-state index contributed by atoms with van der Waals surface area (Å²) in [6.07, 6.45) is 0.878. The normalized spacial score (nSPS) is 10.3. The largest absolute Gasteiger partial charge is 0.492 e. The van der Waals surface area contributed by atoms with Crippen LogP contribution in [0.4, 0.5) is 0 Å². The van der Waals surface area contributed by atoms with E-state index in [0.29, 0.717) is 17.9 Å². The van der Waals surface area contributed by atoms with Gasteiger partial charge in [0.1, 0.15) is 11.6 Å². The lowest BCUT2D eigenvalue weighted by Gasteiger charge is -2.11. The number of benzene rings is 1. The van der Waals surface area contributed by atoms with E-state index < -0.39 is 0 Å². The number of rotatable bonds is 5. The summed E-state index contributed by atoms with van der Waals surface area (Å²) in [6.45, 7) is 2.60. The maximum atomic E-state index is 7.52. The molecule has 94 valence electrons. The zero-order valence-electron chi connectivity index (χ0n) is 10.3. The van der Waals surface area contributed by atoms with Crippen LogP contribution in [0.5, 0.6) is 5.75 Å². The first kappa shape index (κ1) is 12.6. The number of hydrogen-bond donors (Lipinski definition) is 2. The first-order valence-electron chi connectivity index (χ1n) is 5.77. The molecule has 2 aromatic rings. The Bertz CT molecular complexity index is 535. The molecule has 0 aliphatic heterocycles. The van der Waals surface area contributed by atoms with Gasteiger partial charge >= 0.3 is 0 Å². The molecule has 1 aromatic carbocycles. The molecule has 0 aliphatic carbocycles. The maximum absolute atomic E-state index is 7.52. The molecular weight excluding hydrogens is 244 g/mol. The third-order valence-corrected chi connectivity index (χ3v) is 3.55. The monoisotopic (exact) mass is 260 g/mol. The fourth-order valence-electron chi connectivity index (χ4n) is 1.69. The summed E-state index contributed by atoms with van der Waals surface area (Å²) in [5.74, 6) is 0.736. The standard InChI is InChI=1S/C14H16N2OS/c1-10-4-5-12(14(15)16)13(9-10)17-7-6-11-3-2-8-18-11/h2-5,8-9H,6-7H2,1H3,(H3,15,16). The molecule has 4 heteroatoms. The van der Waals surface area contributed by atoms with Gasteiger partial charge in [0.05, 0.1) is 12.2 Å². The fraction of sp³-hybridized carbons (Fsp3) is 0.214. The second-order valence-electron chi connectivity index (χ2n) is 4.09. The molecule has 0 radical (unpaired) electrons. The summed E-state index contributed by atoms with van der Waals surface area (Å²) in [4.78, 5) is 1.30. The molecule has 1 heterocycles. The van der Waals surface area contributed by atoms with Crippen molar-refractivity contribution in [1.82, 2.24) is 0 Å². The Labute approximate surface area is 111 Å². The van der Waals surface area contributed by atoms with Crippen LogP contribution in [0.3, 0.4) is 0 Å². The number of nitrogens with two attached hydrogens (primary N) is 1. The lowest BCUT2D eigenvalue weighted by Crippen LogP contribution is -2.14. The zero-order chi connectivity index (χ0) is 13.0. The van der Waals surface area contributed by atoms with Crippen molar-refractivity contribution in [3.05, 3.63) is 51.7 Å². The SMILES string of the molecule is Cc1ccc(C(=N)N)c(OCCc2cccs2)c1. The van der Waals surface area contributed by atoms with Crippen LogP contribution in [0.1, 0.15) is 16.0 Å². The topological polar surface area (TPSA) is 59.1 Å². The first-order valence-corrected chi connectivity index (χ1v) is 6.65. The lowest BCUT2D eigenvalue weighted by atomic mass is 10.1. The highest BCUT2D eigenvalue weighted by Crippen LogP contribution is 2.20. The van der Waals surface area contributed by atoms with Crippen molar-refractivity contribution in [3.8, 4) is 5.75 Å². The van der Waals surface area contributed by atoms with Crippen molar-refractivity contribution in [1.29, 1.82) is 5.41 Å². The minimum absolute atomic E-state index is 0.0427. The number of thiophene rings is 1. The number of nitrogen functional groups attached to an aromatic ring is 1. The van der Waals surface area contributed by atoms with Gasteiger partial charge in [0.15, 0.2) is 0 Å². The number of ether oxygens (including phenoxy) is 1. The minimum Gasteiger partial charge on any atom is -0.492 e. The van der Waals surface area contributed by atoms with E-state index in [1.165, 1.54) is 4.88 Å². The molecule has 0 fully saturated rings. The average Bonchev–Trinajstić information content (AvgIpc) is 2.82. The van der Waals surface area contributed by atoms with Crippen molar-refractivity contribution in [2.75, 3.05) is 6.61 Å². The lowest BCUT2D eigenvalue weighted by molar-refractivity contribution is 0.322. The number of nitrogens with one attached hydrogen (secondary N) is 1. The molecule has 0 aliphatic rings. The van der Waals surface area contributed by atoms with E-state index in [4.69, 9.17) is 15.9 Å². The summed E-state index contributed by atoms with van der Waals surface area (Å²) in [5.41, 5.74) is 7.30. The van der Waals surface area contributed by atoms with E-state index in [0.717, 1.165) is 12.0 Å². The molecule has 1 aromatic heterocycles. The molecule has 18 heavy (non-hydrogen) atoms. The Hall–Kier alpha value is -1.81.